The van der Waals surface area contributed by atoms with Crippen LogP contribution in [0.1, 0.15) is 58.3 Å². The van der Waals surface area contributed by atoms with E-state index in [1.165, 1.54) is 6.92 Å². The summed E-state index contributed by atoms with van der Waals surface area (Å²) in [5.74, 6) is -0.751. The second kappa shape index (κ2) is 20.4. The van der Waals surface area contributed by atoms with Gasteiger partial charge in [0.15, 0.2) is 18.4 Å². The van der Waals surface area contributed by atoms with E-state index in [0.29, 0.717) is 45.1 Å². The molecule has 2 saturated heterocycles. The zero-order valence-electron chi connectivity index (χ0n) is 25.5. The van der Waals surface area contributed by atoms with Crippen LogP contribution >= 0.6 is 0 Å². The predicted molar refractivity (Wildman–Crippen MR) is 152 cm³/mol. The first-order valence-corrected chi connectivity index (χ1v) is 15.3. The van der Waals surface area contributed by atoms with Crippen molar-refractivity contribution in [3.8, 4) is 0 Å². The Bertz CT molecular complexity index is 894. The summed E-state index contributed by atoms with van der Waals surface area (Å²) in [5.41, 5.74) is 0. The third-order valence-electron chi connectivity index (χ3n) is 7.68. The highest BCUT2D eigenvalue weighted by molar-refractivity contribution is 5.87. The highest BCUT2D eigenvalue weighted by Gasteiger charge is 2.45. The van der Waals surface area contributed by atoms with E-state index in [0.717, 1.165) is 0 Å². The average Bonchev–Trinajstić information content (AvgIpc) is 3.01. The van der Waals surface area contributed by atoms with Crippen LogP contribution < -0.4 is 10.6 Å². The number of unbranched alkanes of at least 4 members (excludes halogenated alkanes) is 2. The number of amides is 2. The molecule has 2 heterocycles. The Hall–Kier alpha value is -1.87. The maximum absolute atomic E-state index is 12.3. The molecule has 0 bridgehead atoms. The second-order valence-corrected chi connectivity index (χ2v) is 11.3. The largest absolute Gasteiger partial charge is 0.394 e. The molecule has 0 spiro atoms. The number of carbonyl (C=O) groups is 3. The van der Waals surface area contributed by atoms with E-state index in [1.54, 1.807) is 0 Å². The number of ketones is 1. The van der Waals surface area contributed by atoms with Crippen molar-refractivity contribution >= 4 is 17.6 Å². The van der Waals surface area contributed by atoms with Gasteiger partial charge in [0.1, 0.15) is 48.8 Å². The molecule has 2 aliphatic heterocycles. The van der Waals surface area contributed by atoms with Gasteiger partial charge in [0.2, 0.25) is 11.8 Å². The Balaban J connectivity index is 1.54. The van der Waals surface area contributed by atoms with E-state index in [4.69, 9.17) is 18.9 Å². The molecule has 0 aromatic rings. The average molecular weight is 655 g/mol. The molecular formula is C28H50N2O15. The zero-order valence-corrected chi connectivity index (χ0v) is 25.5. The molecule has 11 atom stereocenters. The minimum Gasteiger partial charge on any atom is -0.394 e. The number of aliphatic hydroxyl groups excluding tert-OH is 8. The summed E-state index contributed by atoms with van der Waals surface area (Å²) >= 11 is 0. The molecule has 17 nitrogen and oxygen atoms in total. The standard InChI is InChI=1S/C28H50N2O15/c1-15(33)16(30-20(35)8-3-5-11-42-27-25(40)23(38)21(36)17(13-31)44-27)7-2-4-10-29-19(34)9-6-12-43-28-26(41)24(39)22(37)18(14-32)45-28/h16-18,21-28,31-32,36-41H,2-14H2,1H3,(H,29,34)(H,30,35)/t16-,17?,18?,21?,22?,23?,24?,25?,26?,27?,28?/m1/s1. The van der Waals surface area contributed by atoms with Gasteiger partial charge < -0.3 is 70.4 Å². The van der Waals surface area contributed by atoms with E-state index < -0.39 is 80.7 Å². The lowest BCUT2D eigenvalue weighted by Crippen LogP contribution is -2.59. The van der Waals surface area contributed by atoms with E-state index >= 15 is 0 Å². The Morgan fingerprint density at radius 3 is 1.69 bits per heavy atom. The summed E-state index contributed by atoms with van der Waals surface area (Å²) in [5, 5.41) is 83.0. The predicted octanol–water partition coefficient (Wildman–Crippen LogP) is -4.07. The van der Waals surface area contributed by atoms with Crippen molar-refractivity contribution in [2.45, 2.75) is 126 Å². The summed E-state index contributed by atoms with van der Waals surface area (Å²) in [7, 11) is 0. The first kappa shape index (κ1) is 39.3. The van der Waals surface area contributed by atoms with Crippen LogP contribution in [-0.4, -0.2) is 159 Å². The van der Waals surface area contributed by atoms with Crippen LogP contribution in [0.25, 0.3) is 0 Å². The molecular weight excluding hydrogens is 604 g/mol. The van der Waals surface area contributed by atoms with Crippen LogP contribution in [0.5, 0.6) is 0 Å². The fourth-order valence-corrected chi connectivity index (χ4v) is 4.86. The molecule has 45 heavy (non-hydrogen) atoms. The maximum Gasteiger partial charge on any atom is 0.220 e. The highest BCUT2D eigenvalue weighted by Crippen LogP contribution is 2.23. The van der Waals surface area contributed by atoms with Gasteiger partial charge in [-0.05, 0) is 45.4 Å². The molecule has 262 valence electrons. The topological polar surface area (TPSA) is 274 Å². The van der Waals surface area contributed by atoms with Crippen LogP contribution in [0.4, 0.5) is 0 Å². The lowest BCUT2D eigenvalue weighted by molar-refractivity contribution is -0.301. The number of ether oxygens (including phenoxy) is 4. The SMILES string of the molecule is CC(=O)[C@@H](CCCCNC(=O)CCCOC1OC(CO)C(O)C(O)C1O)NC(=O)CCCCOC1OC(CO)C(O)C(O)C1O. The quantitative estimate of drug-likeness (QED) is 0.0559. The number of hydrogen-bond acceptors (Lipinski definition) is 15. The van der Waals surface area contributed by atoms with Gasteiger partial charge in [-0.2, -0.15) is 0 Å². The summed E-state index contributed by atoms with van der Waals surface area (Å²) in [4.78, 5) is 36.4. The van der Waals surface area contributed by atoms with Crippen LogP contribution in [0.3, 0.4) is 0 Å². The van der Waals surface area contributed by atoms with Gasteiger partial charge in [0.25, 0.3) is 0 Å². The number of Topliss-reactive ketones (excluding diaryl/α,β-unsaturated/α-hetero) is 1. The smallest absolute Gasteiger partial charge is 0.220 e. The molecule has 0 aromatic carbocycles. The Labute approximate surface area is 261 Å². The summed E-state index contributed by atoms with van der Waals surface area (Å²) in [6, 6.07) is -0.668. The Morgan fingerprint density at radius 1 is 0.667 bits per heavy atom. The van der Waals surface area contributed by atoms with Gasteiger partial charge in [-0.3, -0.25) is 14.4 Å². The zero-order chi connectivity index (χ0) is 33.5. The number of hydrogen-bond donors (Lipinski definition) is 10. The minimum absolute atomic E-state index is 0.0291. The molecule has 0 saturated carbocycles. The van der Waals surface area contributed by atoms with Crippen molar-refractivity contribution in [2.75, 3.05) is 33.0 Å². The van der Waals surface area contributed by atoms with Crippen molar-refractivity contribution in [3.05, 3.63) is 0 Å². The number of carbonyl (C=O) groups excluding carboxylic acids is 3. The van der Waals surface area contributed by atoms with Gasteiger partial charge in [-0.15, -0.1) is 0 Å². The molecule has 2 amide bonds. The van der Waals surface area contributed by atoms with Crippen molar-refractivity contribution < 1.29 is 74.2 Å². The molecule has 2 rings (SSSR count). The van der Waals surface area contributed by atoms with Crippen LogP contribution in [-0.2, 0) is 33.3 Å². The van der Waals surface area contributed by atoms with Crippen molar-refractivity contribution in [1.82, 2.24) is 10.6 Å². The van der Waals surface area contributed by atoms with Crippen molar-refractivity contribution in [1.29, 1.82) is 0 Å². The van der Waals surface area contributed by atoms with Gasteiger partial charge in [0, 0.05) is 26.0 Å². The first-order chi connectivity index (χ1) is 21.4. The van der Waals surface area contributed by atoms with Crippen LogP contribution in [0, 0.1) is 0 Å². The minimum atomic E-state index is -1.54. The molecule has 0 aliphatic carbocycles. The maximum atomic E-state index is 12.3. The summed E-state index contributed by atoms with van der Waals surface area (Å²) in [6.07, 6.45) is -10.8. The normalized spacial score (nSPS) is 32.6. The molecule has 0 aromatic heterocycles. The van der Waals surface area contributed by atoms with E-state index in [2.05, 4.69) is 10.6 Å². The lowest BCUT2D eigenvalue weighted by Gasteiger charge is -2.39. The van der Waals surface area contributed by atoms with Gasteiger partial charge >= 0.3 is 0 Å². The summed E-state index contributed by atoms with van der Waals surface area (Å²) < 4.78 is 21.2. The third-order valence-corrected chi connectivity index (χ3v) is 7.68. The fourth-order valence-electron chi connectivity index (χ4n) is 4.86. The van der Waals surface area contributed by atoms with Crippen molar-refractivity contribution in [3.63, 3.8) is 0 Å². The highest BCUT2D eigenvalue weighted by atomic mass is 16.7. The number of nitrogens with one attached hydrogen (secondary N) is 2. The number of rotatable bonds is 20. The molecule has 2 fully saturated rings. The van der Waals surface area contributed by atoms with Crippen LogP contribution in [0.15, 0.2) is 0 Å². The van der Waals surface area contributed by atoms with Gasteiger partial charge in [0.05, 0.1) is 25.9 Å². The second-order valence-electron chi connectivity index (χ2n) is 11.3. The molecule has 2 aliphatic rings. The van der Waals surface area contributed by atoms with Gasteiger partial charge in [-0.1, -0.05) is 0 Å². The molecule has 17 heteroatoms. The van der Waals surface area contributed by atoms with Crippen LogP contribution in [0.2, 0.25) is 0 Å². The molecule has 10 N–H and O–H groups in total. The van der Waals surface area contributed by atoms with Gasteiger partial charge in [-0.25, -0.2) is 0 Å². The van der Waals surface area contributed by atoms with E-state index in [-0.39, 0.29) is 43.7 Å². The monoisotopic (exact) mass is 654 g/mol. The Kier molecular flexibility index (Phi) is 17.8. The lowest BCUT2D eigenvalue weighted by atomic mass is 9.99. The Morgan fingerprint density at radius 2 is 1.18 bits per heavy atom. The van der Waals surface area contributed by atoms with E-state index in [9.17, 15) is 55.2 Å². The van der Waals surface area contributed by atoms with Crippen molar-refractivity contribution in [2.24, 2.45) is 0 Å². The third kappa shape index (κ3) is 12.7. The number of aliphatic hydroxyl groups is 8. The fraction of sp³-hybridized carbons (Fsp3) is 0.893. The molecule has 0 radical (unpaired) electrons. The first-order valence-electron chi connectivity index (χ1n) is 15.3. The molecule has 10 unspecified atom stereocenters. The summed E-state index contributed by atoms with van der Waals surface area (Å²) in [6.45, 7) is 0.728. The van der Waals surface area contributed by atoms with E-state index in [1.807, 2.05) is 0 Å².